The van der Waals surface area contributed by atoms with Crippen LogP contribution in [0.25, 0.3) is 0 Å². The van der Waals surface area contributed by atoms with Crippen molar-refractivity contribution in [1.82, 2.24) is 4.72 Å². The van der Waals surface area contributed by atoms with E-state index in [0.29, 0.717) is 0 Å². The Kier molecular flexibility index (Phi) is 2.71. The predicted octanol–water partition coefficient (Wildman–Crippen LogP) is 2.62. The molecule has 1 heterocycles. The molecule has 1 aliphatic rings. The molecule has 1 atom stereocenters. The minimum atomic E-state index is -0.452. The molecule has 1 aliphatic heterocycles. The van der Waals surface area contributed by atoms with Gasteiger partial charge in [-0.05, 0) is 16.4 Å². The number of hydrogen-bond acceptors (Lipinski definition) is 2. The summed E-state index contributed by atoms with van der Waals surface area (Å²) in [5, 5.41) is 0. The third kappa shape index (κ3) is 2.35. The molecule has 0 aromatic heterocycles. The van der Waals surface area contributed by atoms with Gasteiger partial charge in [0.1, 0.15) is 0 Å². The number of allylic oxidation sites excluding steroid dienone is 1. The zero-order valence-corrected chi connectivity index (χ0v) is 8.62. The monoisotopic (exact) mass is 210 g/mol. The minimum absolute atomic E-state index is 0.452. The Balaban J connectivity index is 2.04. The molecule has 0 radical (unpaired) electrons. The molecule has 0 aliphatic carbocycles. The molecule has 0 bridgehead atoms. The van der Waals surface area contributed by atoms with Gasteiger partial charge in [-0.3, -0.25) is 4.78 Å². The van der Waals surface area contributed by atoms with E-state index >= 15 is 0 Å². The van der Waals surface area contributed by atoms with Crippen molar-refractivity contribution in [3.8, 4) is 0 Å². The molecule has 2 N–H and O–H groups in total. The van der Waals surface area contributed by atoms with Gasteiger partial charge in [-0.1, -0.05) is 30.3 Å². The third-order valence-corrected chi connectivity index (χ3v) is 4.14. The number of rotatable bonds is 2. The van der Waals surface area contributed by atoms with Gasteiger partial charge in [0.15, 0.2) is 0 Å². The summed E-state index contributed by atoms with van der Waals surface area (Å²) >= 11 is 0. The van der Waals surface area contributed by atoms with Crippen LogP contribution in [0, 0.1) is 4.78 Å². The maximum atomic E-state index is 7.46. The quantitative estimate of drug-likeness (QED) is 0.736. The molecular formula is C9H10N2S2. The summed E-state index contributed by atoms with van der Waals surface area (Å²) in [6.45, 7) is 0. The molecule has 0 spiro atoms. The van der Waals surface area contributed by atoms with Crippen LogP contribution in [0.5, 0.6) is 0 Å². The van der Waals surface area contributed by atoms with Crippen molar-refractivity contribution < 1.29 is 0 Å². The highest BCUT2D eigenvalue weighted by Gasteiger charge is 2.09. The van der Waals surface area contributed by atoms with E-state index in [1.807, 2.05) is 24.4 Å². The molecule has 1 aromatic carbocycles. The van der Waals surface area contributed by atoms with E-state index in [1.54, 1.807) is 10.8 Å². The van der Waals surface area contributed by atoms with Gasteiger partial charge in [0, 0.05) is 17.5 Å². The zero-order chi connectivity index (χ0) is 9.10. The predicted molar refractivity (Wildman–Crippen MR) is 59.0 cm³/mol. The van der Waals surface area contributed by atoms with Crippen LogP contribution in [0.1, 0.15) is 5.56 Å². The van der Waals surface area contributed by atoms with Crippen LogP contribution in [-0.4, -0.2) is 0 Å². The van der Waals surface area contributed by atoms with Crippen molar-refractivity contribution in [3.63, 3.8) is 0 Å². The van der Waals surface area contributed by atoms with E-state index in [0.717, 1.165) is 6.42 Å². The average molecular weight is 210 g/mol. The Bertz CT molecular complexity index is 346. The molecule has 0 fully saturated rings. The van der Waals surface area contributed by atoms with Crippen molar-refractivity contribution in [1.29, 1.82) is 4.78 Å². The molecule has 0 saturated heterocycles. The molecular weight excluding hydrogens is 200 g/mol. The zero-order valence-electron chi connectivity index (χ0n) is 6.99. The van der Waals surface area contributed by atoms with Crippen molar-refractivity contribution in [2.45, 2.75) is 6.42 Å². The van der Waals surface area contributed by atoms with Crippen LogP contribution in [0.15, 0.2) is 41.4 Å². The summed E-state index contributed by atoms with van der Waals surface area (Å²) in [6, 6.07) is 10.3. The van der Waals surface area contributed by atoms with E-state index in [4.69, 9.17) is 4.78 Å². The van der Waals surface area contributed by atoms with E-state index in [9.17, 15) is 0 Å². The Hall–Kier alpha value is -0.740. The van der Waals surface area contributed by atoms with E-state index < -0.39 is 9.91 Å². The van der Waals surface area contributed by atoms with Crippen LogP contribution in [0.3, 0.4) is 0 Å². The lowest BCUT2D eigenvalue weighted by atomic mass is 10.1. The minimum Gasteiger partial charge on any atom is -0.319 e. The van der Waals surface area contributed by atoms with Crippen molar-refractivity contribution in [3.05, 3.63) is 47.0 Å². The van der Waals surface area contributed by atoms with Gasteiger partial charge in [-0.15, -0.1) is 0 Å². The van der Waals surface area contributed by atoms with Crippen molar-refractivity contribution in [2.75, 3.05) is 0 Å². The van der Waals surface area contributed by atoms with E-state index in [2.05, 4.69) is 16.9 Å². The number of benzene rings is 1. The first-order valence-corrected chi connectivity index (χ1v) is 6.53. The topological polar surface area (TPSA) is 35.9 Å². The highest BCUT2D eigenvalue weighted by atomic mass is 33.1. The maximum absolute atomic E-state index is 7.46. The second kappa shape index (κ2) is 3.98. The Labute approximate surface area is 83.9 Å². The standard InChI is InChI=1S/C9H10N2S2/c10-13-11-7-9(12-13)6-8-4-2-1-3-5-8/h1-5,7H,6H2,(H2,10,11). The lowest BCUT2D eigenvalue weighted by molar-refractivity contribution is 1.22. The fourth-order valence-electron chi connectivity index (χ4n) is 1.15. The summed E-state index contributed by atoms with van der Waals surface area (Å²) in [7, 11) is 1.15. The molecule has 2 nitrogen and oxygen atoms in total. The molecule has 1 aromatic rings. The maximum Gasteiger partial charge on any atom is 0.0552 e. The van der Waals surface area contributed by atoms with Crippen molar-refractivity contribution in [2.24, 2.45) is 0 Å². The van der Waals surface area contributed by atoms with Crippen LogP contribution in [0.4, 0.5) is 0 Å². The van der Waals surface area contributed by atoms with Gasteiger partial charge in [0.2, 0.25) is 0 Å². The van der Waals surface area contributed by atoms with Gasteiger partial charge in [-0.2, -0.15) is 0 Å². The third-order valence-electron chi connectivity index (χ3n) is 1.74. The highest BCUT2D eigenvalue weighted by Crippen LogP contribution is 2.27. The molecule has 13 heavy (non-hydrogen) atoms. The lowest BCUT2D eigenvalue weighted by Crippen LogP contribution is -1.95. The summed E-state index contributed by atoms with van der Waals surface area (Å²) in [5.41, 5.74) is 1.31. The lowest BCUT2D eigenvalue weighted by Gasteiger charge is -1.99. The fraction of sp³-hybridized carbons (Fsp3) is 0.111. The highest BCUT2D eigenvalue weighted by molar-refractivity contribution is 8.70. The SMILES string of the molecule is N=S1NC=C(Cc2ccccc2)S1. The average Bonchev–Trinajstić information content (AvgIpc) is 2.53. The molecule has 0 saturated carbocycles. The second-order valence-electron chi connectivity index (χ2n) is 2.74. The molecule has 1 unspecified atom stereocenters. The van der Waals surface area contributed by atoms with Gasteiger partial charge in [0.05, 0.1) is 9.91 Å². The number of nitrogens with one attached hydrogen (secondary N) is 2. The fourth-order valence-corrected chi connectivity index (χ4v) is 3.32. The first-order valence-electron chi connectivity index (χ1n) is 3.97. The molecule has 4 heteroatoms. The first-order chi connectivity index (χ1) is 6.34. The number of hydrogen-bond donors (Lipinski definition) is 2. The van der Waals surface area contributed by atoms with Crippen LogP contribution in [0.2, 0.25) is 0 Å². The van der Waals surface area contributed by atoms with E-state index in [1.165, 1.54) is 10.5 Å². The molecule has 68 valence electrons. The Morgan fingerprint density at radius 3 is 2.69 bits per heavy atom. The van der Waals surface area contributed by atoms with Gasteiger partial charge in [0.25, 0.3) is 0 Å². The summed E-state index contributed by atoms with van der Waals surface area (Å²) < 4.78 is 10.4. The van der Waals surface area contributed by atoms with Gasteiger partial charge < -0.3 is 4.72 Å². The van der Waals surface area contributed by atoms with E-state index in [-0.39, 0.29) is 0 Å². The smallest absolute Gasteiger partial charge is 0.0552 e. The Morgan fingerprint density at radius 1 is 1.31 bits per heavy atom. The summed E-state index contributed by atoms with van der Waals surface area (Å²) in [5.74, 6) is 0. The summed E-state index contributed by atoms with van der Waals surface area (Å²) in [6.07, 6.45) is 2.90. The second-order valence-corrected chi connectivity index (χ2v) is 5.71. The summed E-state index contributed by atoms with van der Waals surface area (Å²) in [4.78, 5) is 1.25. The Morgan fingerprint density at radius 2 is 2.08 bits per heavy atom. The van der Waals surface area contributed by atoms with Gasteiger partial charge >= 0.3 is 0 Å². The molecule has 2 rings (SSSR count). The van der Waals surface area contributed by atoms with Crippen LogP contribution >= 0.6 is 10.8 Å². The van der Waals surface area contributed by atoms with Gasteiger partial charge in [-0.25, -0.2) is 0 Å². The first kappa shape index (κ1) is 8.84. The molecule has 0 amide bonds. The normalized spacial score (nSPS) is 20.9. The van der Waals surface area contributed by atoms with Crippen LogP contribution < -0.4 is 4.72 Å². The van der Waals surface area contributed by atoms with Crippen molar-refractivity contribution >= 4 is 20.7 Å². The van der Waals surface area contributed by atoms with Crippen LogP contribution in [-0.2, 0) is 16.3 Å². The largest absolute Gasteiger partial charge is 0.319 e.